The molecule has 0 bridgehead atoms. The Morgan fingerprint density at radius 1 is 1.43 bits per heavy atom. The third-order valence-electron chi connectivity index (χ3n) is 4.74. The van der Waals surface area contributed by atoms with E-state index in [2.05, 4.69) is 10.6 Å². The Bertz CT molecular complexity index is 618. The highest BCUT2D eigenvalue weighted by Gasteiger charge is 2.49. The van der Waals surface area contributed by atoms with E-state index >= 15 is 0 Å². The predicted octanol–water partition coefficient (Wildman–Crippen LogP) is 3.22. The number of amides is 2. The van der Waals surface area contributed by atoms with Crippen LogP contribution >= 0.6 is 0 Å². The maximum atomic E-state index is 13.8. The van der Waals surface area contributed by atoms with Crippen molar-refractivity contribution in [2.24, 2.45) is 5.92 Å². The highest BCUT2D eigenvalue weighted by Crippen LogP contribution is 2.43. The highest BCUT2D eigenvalue weighted by molar-refractivity contribution is 5.90. The highest BCUT2D eigenvalue weighted by atomic mass is 19.1. The number of carbonyl (C=O) groups excluding carboxylic acids is 1. The molecule has 6 heteroatoms. The number of ether oxygens (including phenoxy) is 2. The van der Waals surface area contributed by atoms with Crippen LogP contribution in [0.2, 0.25) is 0 Å². The molecule has 1 saturated carbocycles. The van der Waals surface area contributed by atoms with Crippen molar-refractivity contribution in [3.8, 4) is 5.75 Å². The molecule has 0 unspecified atom stereocenters. The number of halogens is 1. The monoisotopic (exact) mass is 322 g/mol. The van der Waals surface area contributed by atoms with E-state index in [4.69, 9.17) is 9.47 Å². The van der Waals surface area contributed by atoms with Gasteiger partial charge in [-0.2, -0.15) is 0 Å². The van der Waals surface area contributed by atoms with Crippen LogP contribution in [0.4, 0.5) is 14.9 Å². The van der Waals surface area contributed by atoms with Gasteiger partial charge in [0.25, 0.3) is 0 Å². The zero-order chi connectivity index (χ0) is 16.6. The second-order valence-electron chi connectivity index (χ2n) is 6.68. The first-order valence-electron chi connectivity index (χ1n) is 7.98. The van der Waals surface area contributed by atoms with Crippen molar-refractivity contribution in [3.63, 3.8) is 0 Å². The van der Waals surface area contributed by atoms with Crippen molar-refractivity contribution >= 4 is 11.7 Å². The van der Waals surface area contributed by atoms with Crippen molar-refractivity contribution in [2.45, 2.75) is 44.8 Å². The van der Waals surface area contributed by atoms with Gasteiger partial charge in [0.2, 0.25) is 0 Å². The minimum Gasteiger partial charge on any atom is -0.494 e. The van der Waals surface area contributed by atoms with Gasteiger partial charge in [-0.15, -0.1) is 0 Å². The summed E-state index contributed by atoms with van der Waals surface area (Å²) in [6.45, 7) is 4.48. The Morgan fingerprint density at radius 3 is 2.83 bits per heavy atom. The van der Waals surface area contributed by atoms with E-state index < -0.39 is 5.82 Å². The third-order valence-corrected chi connectivity index (χ3v) is 4.74. The number of aryl methyl sites for hydroxylation is 1. The summed E-state index contributed by atoms with van der Waals surface area (Å²) in [5, 5.41) is 5.75. The fraction of sp³-hybridized carbons (Fsp3) is 0.588. The van der Waals surface area contributed by atoms with Crippen molar-refractivity contribution in [3.05, 3.63) is 23.5 Å². The first kappa shape index (κ1) is 16.1. The molecule has 2 aliphatic rings. The molecule has 126 valence electrons. The van der Waals surface area contributed by atoms with Crippen LogP contribution in [0, 0.1) is 18.7 Å². The molecule has 3 rings (SSSR count). The molecule has 1 aromatic carbocycles. The number of methoxy groups -OCH3 is 1. The summed E-state index contributed by atoms with van der Waals surface area (Å²) in [6.07, 6.45) is 3.18. The summed E-state index contributed by atoms with van der Waals surface area (Å²) in [4.78, 5) is 12.3. The standard InChI is InChI=1S/C17H23FN2O3/c1-10-8-14(22-3)12(18)9-13(10)19-16(21)20-17(2)6-7-23-15(17)11-4-5-11/h8-9,11,15H,4-7H2,1-3H3,(H2,19,20,21)/t15-,17-/m1/s1. The smallest absolute Gasteiger partial charge is 0.319 e. The molecule has 2 fully saturated rings. The molecule has 1 aliphatic heterocycles. The number of urea groups is 1. The van der Waals surface area contributed by atoms with Crippen LogP contribution in [-0.4, -0.2) is 31.4 Å². The normalized spacial score (nSPS) is 26.9. The van der Waals surface area contributed by atoms with Crippen LogP contribution in [0.25, 0.3) is 0 Å². The predicted molar refractivity (Wildman–Crippen MR) is 85.3 cm³/mol. The molecule has 0 spiro atoms. The van der Waals surface area contributed by atoms with Gasteiger partial charge < -0.3 is 20.1 Å². The zero-order valence-corrected chi connectivity index (χ0v) is 13.7. The van der Waals surface area contributed by atoms with Crippen molar-refractivity contribution in [1.82, 2.24) is 5.32 Å². The van der Waals surface area contributed by atoms with Gasteiger partial charge in [-0.25, -0.2) is 9.18 Å². The molecule has 2 atom stereocenters. The Kier molecular flexibility index (Phi) is 4.19. The second-order valence-corrected chi connectivity index (χ2v) is 6.68. The van der Waals surface area contributed by atoms with E-state index in [0.29, 0.717) is 18.2 Å². The van der Waals surface area contributed by atoms with E-state index in [1.165, 1.54) is 13.2 Å². The fourth-order valence-corrected chi connectivity index (χ4v) is 3.27. The van der Waals surface area contributed by atoms with Gasteiger partial charge in [0.05, 0.1) is 18.8 Å². The Labute approximate surface area is 135 Å². The molecule has 5 nitrogen and oxygen atoms in total. The second kappa shape index (κ2) is 6.00. The van der Waals surface area contributed by atoms with Gasteiger partial charge in [-0.1, -0.05) is 0 Å². The molecule has 2 amide bonds. The molecule has 0 aromatic heterocycles. The van der Waals surface area contributed by atoms with Gasteiger partial charge in [-0.05, 0) is 50.7 Å². The Hall–Kier alpha value is -1.82. The topological polar surface area (TPSA) is 59.6 Å². The molecule has 2 N–H and O–H groups in total. The first-order chi connectivity index (χ1) is 10.9. The molecule has 1 saturated heterocycles. The van der Waals surface area contributed by atoms with E-state index in [-0.39, 0.29) is 23.4 Å². The summed E-state index contributed by atoms with van der Waals surface area (Å²) in [5.41, 5.74) is 0.806. The van der Waals surface area contributed by atoms with Gasteiger partial charge in [0.1, 0.15) is 0 Å². The van der Waals surface area contributed by atoms with E-state index in [9.17, 15) is 9.18 Å². The molecule has 1 aliphatic carbocycles. The number of carbonyl (C=O) groups is 1. The van der Waals surface area contributed by atoms with Gasteiger partial charge in [0, 0.05) is 18.4 Å². The number of rotatable bonds is 4. The van der Waals surface area contributed by atoms with Crippen molar-refractivity contribution in [1.29, 1.82) is 0 Å². The number of nitrogens with one attached hydrogen (secondary N) is 2. The quantitative estimate of drug-likeness (QED) is 0.895. The maximum Gasteiger partial charge on any atom is 0.319 e. The number of hydrogen-bond acceptors (Lipinski definition) is 3. The number of anilines is 1. The first-order valence-corrected chi connectivity index (χ1v) is 7.98. The van der Waals surface area contributed by atoms with Crippen LogP contribution in [-0.2, 0) is 4.74 Å². The molecule has 1 heterocycles. The van der Waals surface area contributed by atoms with Crippen molar-refractivity contribution in [2.75, 3.05) is 19.0 Å². The SMILES string of the molecule is COc1cc(C)c(NC(=O)N[C@]2(C)CCO[C@@H]2C2CC2)cc1F. The van der Waals surface area contributed by atoms with Crippen LogP contribution in [0.1, 0.15) is 31.7 Å². The van der Waals surface area contributed by atoms with Crippen molar-refractivity contribution < 1.29 is 18.7 Å². The fourth-order valence-electron chi connectivity index (χ4n) is 3.27. The van der Waals surface area contributed by atoms with Crippen LogP contribution in [0.3, 0.4) is 0 Å². The van der Waals surface area contributed by atoms with E-state index in [1.54, 1.807) is 13.0 Å². The Balaban J connectivity index is 1.68. The lowest BCUT2D eigenvalue weighted by molar-refractivity contribution is 0.0597. The number of benzene rings is 1. The molecular weight excluding hydrogens is 299 g/mol. The summed E-state index contributed by atoms with van der Waals surface area (Å²) >= 11 is 0. The average Bonchev–Trinajstić information content (AvgIpc) is 3.25. The summed E-state index contributed by atoms with van der Waals surface area (Å²) < 4.78 is 24.6. The number of hydrogen-bond donors (Lipinski definition) is 2. The van der Waals surface area contributed by atoms with E-state index in [1.807, 2.05) is 6.92 Å². The average molecular weight is 322 g/mol. The lowest BCUT2D eigenvalue weighted by Gasteiger charge is -2.31. The molecular formula is C17H23FN2O3. The summed E-state index contributed by atoms with van der Waals surface area (Å²) in [5.74, 6) is 0.209. The molecule has 1 aromatic rings. The zero-order valence-electron chi connectivity index (χ0n) is 13.7. The third kappa shape index (κ3) is 3.27. The van der Waals surface area contributed by atoms with E-state index in [0.717, 1.165) is 24.8 Å². The van der Waals surface area contributed by atoms with Gasteiger partial charge >= 0.3 is 6.03 Å². The lowest BCUT2D eigenvalue weighted by Crippen LogP contribution is -2.53. The summed E-state index contributed by atoms with van der Waals surface area (Å²) in [7, 11) is 1.41. The lowest BCUT2D eigenvalue weighted by atomic mass is 9.90. The van der Waals surface area contributed by atoms with Gasteiger partial charge in [0.15, 0.2) is 11.6 Å². The van der Waals surface area contributed by atoms with Gasteiger partial charge in [-0.3, -0.25) is 0 Å². The minimum absolute atomic E-state index is 0.0713. The van der Waals surface area contributed by atoms with Crippen LogP contribution < -0.4 is 15.4 Å². The maximum absolute atomic E-state index is 13.8. The van der Waals surface area contributed by atoms with Crippen LogP contribution in [0.15, 0.2) is 12.1 Å². The van der Waals surface area contributed by atoms with Crippen LogP contribution in [0.5, 0.6) is 5.75 Å². The molecule has 0 radical (unpaired) electrons. The molecule has 23 heavy (non-hydrogen) atoms. The Morgan fingerprint density at radius 2 is 2.17 bits per heavy atom. The minimum atomic E-state index is -0.500. The largest absolute Gasteiger partial charge is 0.494 e. The summed E-state index contributed by atoms with van der Waals surface area (Å²) in [6, 6.07) is 2.51.